The van der Waals surface area contributed by atoms with Crippen LogP contribution >= 0.6 is 0 Å². The molecule has 0 aliphatic heterocycles. The maximum Gasteiger partial charge on any atom is 0.256 e. The molecule has 1 amide bonds. The number of hydrogen-bond donors (Lipinski definition) is 1. The lowest BCUT2D eigenvalue weighted by Crippen LogP contribution is -2.43. The second-order valence-electron chi connectivity index (χ2n) is 6.29. The predicted molar refractivity (Wildman–Crippen MR) is 96.5 cm³/mol. The van der Waals surface area contributed by atoms with Gasteiger partial charge in [-0.05, 0) is 57.4 Å². The van der Waals surface area contributed by atoms with Gasteiger partial charge in [0.05, 0.1) is 6.61 Å². The van der Waals surface area contributed by atoms with Gasteiger partial charge in [0, 0.05) is 18.9 Å². The minimum atomic E-state index is -0.824. The van der Waals surface area contributed by atoms with E-state index in [1.54, 1.807) is 0 Å². The summed E-state index contributed by atoms with van der Waals surface area (Å²) in [4.78, 5) is 12.6. The van der Waals surface area contributed by atoms with Crippen molar-refractivity contribution in [3.05, 3.63) is 24.3 Å². The van der Waals surface area contributed by atoms with Crippen molar-refractivity contribution in [3.63, 3.8) is 0 Å². The summed E-state index contributed by atoms with van der Waals surface area (Å²) in [6, 6.07) is 7.33. The van der Waals surface area contributed by atoms with Crippen molar-refractivity contribution in [2.75, 3.05) is 31.7 Å². The molecule has 24 heavy (non-hydrogen) atoms. The third-order valence-electron chi connectivity index (χ3n) is 3.55. The van der Waals surface area contributed by atoms with Gasteiger partial charge in [0.1, 0.15) is 18.0 Å². The van der Waals surface area contributed by atoms with E-state index < -0.39 is 5.60 Å². The highest BCUT2D eigenvalue weighted by Gasteiger charge is 2.34. The van der Waals surface area contributed by atoms with E-state index in [9.17, 15) is 4.79 Å². The number of hydrogen-bond acceptors (Lipinski definition) is 4. The summed E-state index contributed by atoms with van der Waals surface area (Å²) >= 11 is 0. The Kier molecular flexibility index (Phi) is 8.79. The molecule has 1 atom stereocenters. The molecule has 1 aromatic carbocycles. The molecule has 0 saturated heterocycles. The second kappa shape index (κ2) is 10.3. The van der Waals surface area contributed by atoms with Gasteiger partial charge in [-0.3, -0.25) is 4.79 Å². The van der Waals surface area contributed by atoms with Crippen LogP contribution in [-0.4, -0.2) is 37.9 Å². The molecular weight excluding hydrogens is 306 g/mol. The van der Waals surface area contributed by atoms with Crippen LogP contribution in [-0.2, 0) is 14.3 Å². The smallest absolute Gasteiger partial charge is 0.256 e. The van der Waals surface area contributed by atoms with E-state index in [4.69, 9.17) is 14.2 Å². The van der Waals surface area contributed by atoms with Gasteiger partial charge in [-0.25, -0.2) is 0 Å². The average molecular weight is 337 g/mol. The lowest BCUT2D eigenvalue weighted by molar-refractivity contribution is -0.140. The summed E-state index contributed by atoms with van der Waals surface area (Å²) in [6.45, 7) is 12.1. The number of rotatable bonds is 11. The van der Waals surface area contributed by atoms with Crippen LogP contribution in [0.2, 0.25) is 0 Å². The molecule has 136 valence electrons. The fraction of sp³-hybridized carbons (Fsp3) is 0.632. The average Bonchev–Trinajstić information content (AvgIpc) is 2.52. The van der Waals surface area contributed by atoms with Gasteiger partial charge >= 0.3 is 0 Å². The first-order valence-electron chi connectivity index (χ1n) is 8.67. The van der Waals surface area contributed by atoms with Crippen molar-refractivity contribution in [2.24, 2.45) is 5.92 Å². The van der Waals surface area contributed by atoms with E-state index in [0.29, 0.717) is 38.8 Å². The lowest BCUT2D eigenvalue weighted by atomic mass is 9.93. The molecule has 0 aromatic heterocycles. The Morgan fingerprint density at radius 3 is 2.33 bits per heavy atom. The molecule has 1 rings (SSSR count). The first-order chi connectivity index (χ1) is 11.4. The van der Waals surface area contributed by atoms with E-state index in [-0.39, 0.29) is 5.91 Å². The summed E-state index contributed by atoms with van der Waals surface area (Å²) in [5.41, 5.74) is -0.0953. The summed E-state index contributed by atoms with van der Waals surface area (Å²) in [6.07, 6.45) is 0.672. The topological polar surface area (TPSA) is 56.8 Å². The van der Waals surface area contributed by atoms with Crippen LogP contribution in [0.1, 0.15) is 41.0 Å². The zero-order chi connectivity index (χ0) is 18.0. The van der Waals surface area contributed by atoms with Crippen molar-refractivity contribution < 1.29 is 19.0 Å². The molecule has 0 bridgehead atoms. The molecule has 0 spiro atoms. The zero-order valence-electron chi connectivity index (χ0n) is 15.6. The largest absolute Gasteiger partial charge is 0.491 e. The molecule has 0 aliphatic rings. The van der Waals surface area contributed by atoms with E-state index >= 15 is 0 Å². The third-order valence-corrected chi connectivity index (χ3v) is 3.55. The summed E-state index contributed by atoms with van der Waals surface area (Å²) in [5.74, 6) is 0.999. The third kappa shape index (κ3) is 6.89. The highest BCUT2D eigenvalue weighted by molar-refractivity contribution is 5.97. The zero-order valence-corrected chi connectivity index (χ0v) is 15.6. The van der Waals surface area contributed by atoms with Crippen molar-refractivity contribution in [2.45, 2.75) is 46.6 Å². The van der Waals surface area contributed by atoms with Gasteiger partial charge in [0.25, 0.3) is 5.91 Å². The van der Waals surface area contributed by atoms with Gasteiger partial charge < -0.3 is 19.5 Å². The Morgan fingerprint density at radius 2 is 1.79 bits per heavy atom. The molecule has 0 radical (unpaired) electrons. The van der Waals surface area contributed by atoms with E-state index in [0.717, 1.165) is 11.4 Å². The number of carbonyl (C=O) groups is 1. The van der Waals surface area contributed by atoms with Crippen molar-refractivity contribution >= 4 is 11.6 Å². The molecule has 5 nitrogen and oxygen atoms in total. The lowest BCUT2D eigenvalue weighted by Gasteiger charge is -2.29. The molecule has 1 N–H and O–H groups in total. The fourth-order valence-corrected chi connectivity index (χ4v) is 2.58. The van der Waals surface area contributed by atoms with Crippen LogP contribution < -0.4 is 10.1 Å². The molecule has 0 saturated carbocycles. The van der Waals surface area contributed by atoms with Gasteiger partial charge in [-0.15, -0.1) is 0 Å². The van der Waals surface area contributed by atoms with Gasteiger partial charge in [0.15, 0.2) is 0 Å². The maximum atomic E-state index is 12.6. The highest BCUT2D eigenvalue weighted by atomic mass is 16.5. The van der Waals surface area contributed by atoms with Crippen molar-refractivity contribution in [1.29, 1.82) is 0 Å². The minimum Gasteiger partial charge on any atom is -0.491 e. The normalized spacial score (nSPS) is 13.6. The van der Waals surface area contributed by atoms with Crippen molar-refractivity contribution in [3.8, 4) is 5.75 Å². The molecule has 0 fully saturated rings. The summed E-state index contributed by atoms with van der Waals surface area (Å²) in [7, 11) is 0. The molecule has 1 aromatic rings. The fourth-order valence-electron chi connectivity index (χ4n) is 2.58. The molecule has 0 unspecified atom stereocenters. The van der Waals surface area contributed by atoms with Crippen molar-refractivity contribution in [1.82, 2.24) is 0 Å². The Labute approximate surface area is 145 Å². The number of benzene rings is 1. The van der Waals surface area contributed by atoms with E-state index in [1.807, 2.05) is 45.0 Å². The van der Waals surface area contributed by atoms with Crippen LogP contribution in [0.3, 0.4) is 0 Å². The summed E-state index contributed by atoms with van der Waals surface area (Å²) < 4.78 is 16.5. The first-order valence-corrected chi connectivity index (χ1v) is 8.67. The number of carbonyl (C=O) groups excluding carboxylic acids is 1. The maximum absolute atomic E-state index is 12.6. The number of ether oxygens (including phenoxy) is 3. The van der Waals surface area contributed by atoms with E-state index in [2.05, 4.69) is 19.2 Å². The van der Waals surface area contributed by atoms with Gasteiger partial charge in [-0.2, -0.15) is 0 Å². The van der Waals surface area contributed by atoms with Crippen LogP contribution in [0.5, 0.6) is 5.75 Å². The number of nitrogens with one attached hydrogen (secondary N) is 1. The Bertz CT molecular complexity index is 487. The van der Waals surface area contributed by atoms with Crippen LogP contribution in [0, 0.1) is 5.92 Å². The van der Waals surface area contributed by atoms with Crippen LogP contribution in [0.4, 0.5) is 5.69 Å². The Balaban J connectivity index is 2.62. The monoisotopic (exact) mass is 337 g/mol. The Hall–Kier alpha value is -1.59. The predicted octanol–water partition coefficient (Wildman–Crippen LogP) is 3.88. The van der Waals surface area contributed by atoms with Crippen LogP contribution in [0.15, 0.2) is 24.3 Å². The SMILES string of the molecule is CCOCCOc1ccc(NC(=O)[C@](C)(CC(C)C)OCC)cc1. The highest BCUT2D eigenvalue weighted by Crippen LogP contribution is 2.24. The quantitative estimate of drug-likeness (QED) is 0.623. The van der Waals surface area contributed by atoms with E-state index in [1.165, 1.54) is 0 Å². The standard InChI is InChI=1S/C19H31NO4/c1-6-22-12-13-23-17-10-8-16(9-11-17)20-18(21)19(5,24-7-2)14-15(3)4/h8-11,15H,6-7,12-14H2,1-5H3,(H,20,21)/t19-/m0/s1. The number of amides is 1. The first kappa shape index (κ1) is 20.5. The van der Waals surface area contributed by atoms with Gasteiger partial charge in [0.2, 0.25) is 0 Å². The Morgan fingerprint density at radius 1 is 1.12 bits per heavy atom. The number of anilines is 1. The van der Waals surface area contributed by atoms with Crippen LogP contribution in [0.25, 0.3) is 0 Å². The summed E-state index contributed by atoms with van der Waals surface area (Å²) in [5, 5.41) is 2.93. The van der Waals surface area contributed by atoms with Gasteiger partial charge in [-0.1, -0.05) is 13.8 Å². The molecule has 0 heterocycles. The molecular formula is C19H31NO4. The second-order valence-corrected chi connectivity index (χ2v) is 6.29. The minimum absolute atomic E-state index is 0.122. The molecule has 0 aliphatic carbocycles. The molecule has 5 heteroatoms.